The van der Waals surface area contributed by atoms with Crippen molar-refractivity contribution in [3.05, 3.63) is 33.3 Å². The van der Waals surface area contributed by atoms with Crippen LogP contribution < -0.4 is 5.32 Å². The molecule has 0 bridgehead atoms. The minimum atomic E-state index is 0.606. The van der Waals surface area contributed by atoms with Gasteiger partial charge in [-0.3, -0.25) is 0 Å². The largest absolute Gasteiger partial charge is 0.316 e. The van der Waals surface area contributed by atoms with Gasteiger partial charge in [0.15, 0.2) is 0 Å². The van der Waals surface area contributed by atoms with Crippen molar-refractivity contribution in [3.63, 3.8) is 0 Å². The summed E-state index contributed by atoms with van der Waals surface area (Å²) in [7, 11) is 0. The second-order valence-corrected chi connectivity index (χ2v) is 5.43. The highest BCUT2D eigenvalue weighted by Gasteiger charge is 2.41. The Morgan fingerprint density at radius 2 is 1.80 bits per heavy atom. The third-order valence-corrected chi connectivity index (χ3v) is 4.64. The molecule has 1 aliphatic heterocycles. The molecule has 1 aliphatic carbocycles. The number of benzene rings is 1. The summed E-state index contributed by atoms with van der Waals surface area (Å²) in [6, 6.07) is 4.12. The van der Waals surface area contributed by atoms with Crippen molar-refractivity contribution in [3.8, 4) is 0 Å². The van der Waals surface area contributed by atoms with E-state index >= 15 is 0 Å². The van der Waals surface area contributed by atoms with Crippen LogP contribution in [0.4, 0.5) is 0 Å². The Labute approximate surface area is 99.8 Å². The Morgan fingerprint density at radius 1 is 1.13 bits per heavy atom. The lowest BCUT2D eigenvalue weighted by molar-refractivity contribution is 0.487. The summed E-state index contributed by atoms with van der Waals surface area (Å²) in [6.07, 6.45) is 0. The summed E-state index contributed by atoms with van der Waals surface area (Å²) in [5.74, 6) is 1.98. The first-order valence-electron chi connectivity index (χ1n) is 5.38. The number of nitrogens with one attached hydrogen (secondary N) is 1. The van der Waals surface area contributed by atoms with E-state index in [4.69, 9.17) is 23.2 Å². The highest BCUT2D eigenvalue weighted by atomic mass is 35.5. The Morgan fingerprint density at radius 3 is 2.53 bits per heavy atom. The van der Waals surface area contributed by atoms with Crippen molar-refractivity contribution >= 4 is 23.2 Å². The van der Waals surface area contributed by atoms with Crippen molar-refractivity contribution < 1.29 is 0 Å². The number of hydrogen-bond donors (Lipinski definition) is 1. The quantitative estimate of drug-likeness (QED) is 0.735. The monoisotopic (exact) mass is 241 g/mol. The van der Waals surface area contributed by atoms with E-state index in [-0.39, 0.29) is 0 Å². The molecular formula is C12H13Cl2N. The molecule has 0 radical (unpaired) electrons. The highest BCUT2D eigenvalue weighted by molar-refractivity contribution is 6.42. The summed E-state index contributed by atoms with van der Waals surface area (Å²) in [5, 5.41) is 4.83. The first-order valence-corrected chi connectivity index (χ1v) is 6.13. The first kappa shape index (κ1) is 9.95. The maximum atomic E-state index is 6.08. The van der Waals surface area contributed by atoms with E-state index in [1.54, 1.807) is 0 Å². The fraction of sp³-hybridized carbons (Fsp3) is 0.500. The van der Waals surface area contributed by atoms with Gasteiger partial charge < -0.3 is 5.32 Å². The molecule has 1 saturated heterocycles. The summed E-state index contributed by atoms with van der Waals surface area (Å²) < 4.78 is 0. The van der Waals surface area contributed by atoms with Crippen LogP contribution in [0.15, 0.2) is 12.1 Å². The van der Waals surface area contributed by atoms with E-state index in [0.717, 1.165) is 19.0 Å². The molecule has 80 valence electrons. The standard InChI is InChI=1S/C12H13Cl2N/c1-6-7-2-11(13)12(14)3-8(7)10-5-15-4-9(6)10/h2-3,6,9-10,15H,4-5H2,1H3. The van der Waals surface area contributed by atoms with E-state index in [0.29, 0.717) is 21.9 Å². The number of rotatable bonds is 0. The molecule has 1 aromatic rings. The van der Waals surface area contributed by atoms with E-state index in [1.165, 1.54) is 11.1 Å². The molecule has 1 nitrogen and oxygen atoms in total. The van der Waals surface area contributed by atoms with E-state index < -0.39 is 0 Å². The maximum Gasteiger partial charge on any atom is 0.0595 e. The van der Waals surface area contributed by atoms with Crippen molar-refractivity contribution in [2.45, 2.75) is 18.8 Å². The fourth-order valence-corrected chi connectivity index (χ4v) is 3.43. The average Bonchev–Trinajstić information content (AvgIpc) is 2.75. The third kappa shape index (κ3) is 1.33. The molecular weight excluding hydrogens is 229 g/mol. The molecule has 1 N–H and O–H groups in total. The SMILES string of the molecule is CC1c2cc(Cl)c(Cl)cc2C2CNCC12. The predicted octanol–water partition coefficient (Wildman–Crippen LogP) is 3.41. The van der Waals surface area contributed by atoms with Crippen LogP contribution in [-0.2, 0) is 0 Å². The molecule has 1 fully saturated rings. The van der Waals surface area contributed by atoms with Crippen LogP contribution >= 0.6 is 23.2 Å². The lowest BCUT2D eigenvalue weighted by Crippen LogP contribution is -2.12. The molecule has 2 aliphatic rings. The van der Waals surface area contributed by atoms with Crippen molar-refractivity contribution in [1.82, 2.24) is 5.32 Å². The zero-order valence-electron chi connectivity index (χ0n) is 8.56. The van der Waals surface area contributed by atoms with Gasteiger partial charge in [0.2, 0.25) is 0 Å². The first-order chi connectivity index (χ1) is 7.18. The van der Waals surface area contributed by atoms with Crippen molar-refractivity contribution in [2.24, 2.45) is 5.92 Å². The normalized spacial score (nSPS) is 32.9. The molecule has 0 amide bonds. The molecule has 3 rings (SSSR count). The van der Waals surface area contributed by atoms with Crippen LogP contribution in [0.2, 0.25) is 10.0 Å². The van der Waals surface area contributed by atoms with Gasteiger partial charge in [0, 0.05) is 12.5 Å². The van der Waals surface area contributed by atoms with Crippen LogP contribution in [0, 0.1) is 5.92 Å². The van der Waals surface area contributed by atoms with Gasteiger partial charge in [-0.2, -0.15) is 0 Å². The molecule has 15 heavy (non-hydrogen) atoms. The van der Waals surface area contributed by atoms with E-state index in [9.17, 15) is 0 Å². The second kappa shape index (κ2) is 3.38. The maximum absolute atomic E-state index is 6.08. The van der Waals surface area contributed by atoms with Crippen LogP contribution in [0.3, 0.4) is 0 Å². The van der Waals surface area contributed by atoms with Gasteiger partial charge in [-0.1, -0.05) is 30.1 Å². The summed E-state index contributed by atoms with van der Waals surface area (Å²) >= 11 is 12.1. The minimum absolute atomic E-state index is 0.606. The van der Waals surface area contributed by atoms with Gasteiger partial charge in [0.25, 0.3) is 0 Å². The zero-order valence-corrected chi connectivity index (χ0v) is 10.1. The van der Waals surface area contributed by atoms with Crippen LogP contribution in [0.1, 0.15) is 29.9 Å². The summed E-state index contributed by atoms with van der Waals surface area (Å²) in [4.78, 5) is 0. The lowest BCUT2D eigenvalue weighted by Gasteiger charge is -2.12. The number of fused-ring (bicyclic) bond motifs is 3. The summed E-state index contributed by atoms with van der Waals surface area (Å²) in [6.45, 7) is 4.50. The van der Waals surface area contributed by atoms with E-state index in [2.05, 4.69) is 24.4 Å². The van der Waals surface area contributed by atoms with Crippen LogP contribution in [-0.4, -0.2) is 13.1 Å². The smallest absolute Gasteiger partial charge is 0.0595 e. The number of halogens is 2. The lowest BCUT2D eigenvalue weighted by atomic mass is 9.91. The minimum Gasteiger partial charge on any atom is -0.316 e. The molecule has 1 aromatic carbocycles. The zero-order chi connectivity index (χ0) is 10.6. The molecule has 3 heteroatoms. The Hall–Kier alpha value is -0.240. The Bertz CT molecular complexity index is 416. The summed E-state index contributed by atoms with van der Waals surface area (Å²) in [5.41, 5.74) is 2.81. The van der Waals surface area contributed by atoms with Gasteiger partial charge >= 0.3 is 0 Å². The van der Waals surface area contributed by atoms with Gasteiger partial charge in [0.05, 0.1) is 10.0 Å². The average molecular weight is 242 g/mol. The predicted molar refractivity (Wildman–Crippen MR) is 64.0 cm³/mol. The number of hydrogen-bond acceptors (Lipinski definition) is 1. The fourth-order valence-electron chi connectivity index (χ4n) is 3.09. The van der Waals surface area contributed by atoms with Crippen molar-refractivity contribution in [2.75, 3.05) is 13.1 Å². The molecule has 3 atom stereocenters. The van der Waals surface area contributed by atoms with Gasteiger partial charge in [-0.05, 0) is 41.6 Å². The van der Waals surface area contributed by atoms with Gasteiger partial charge in [-0.15, -0.1) is 0 Å². The van der Waals surface area contributed by atoms with Crippen LogP contribution in [0.25, 0.3) is 0 Å². The highest BCUT2D eigenvalue weighted by Crippen LogP contribution is 2.49. The molecule has 0 saturated carbocycles. The Kier molecular flexibility index (Phi) is 2.24. The van der Waals surface area contributed by atoms with E-state index in [1.807, 2.05) is 0 Å². The van der Waals surface area contributed by atoms with Gasteiger partial charge in [0.1, 0.15) is 0 Å². The molecule has 3 unspecified atom stereocenters. The Balaban J connectivity index is 2.15. The topological polar surface area (TPSA) is 12.0 Å². The molecule has 0 spiro atoms. The van der Waals surface area contributed by atoms with Crippen LogP contribution in [0.5, 0.6) is 0 Å². The third-order valence-electron chi connectivity index (χ3n) is 3.92. The molecule has 1 heterocycles. The second-order valence-electron chi connectivity index (χ2n) is 4.61. The van der Waals surface area contributed by atoms with Crippen molar-refractivity contribution in [1.29, 1.82) is 0 Å². The molecule has 0 aromatic heterocycles. The van der Waals surface area contributed by atoms with Gasteiger partial charge in [-0.25, -0.2) is 0 Å².